The summed E-state index contributed by atoms with van der Waals surface area (Å²) in [5, 5.41) is 4.52. The van der Waals surface area contributed by atoms with Gasteiger partial charge in [-0.05, 0) is 42.2 Å². The van der Waals surface area contributed by atoms with E-state index in [1.165, 1.54) is 22.4 Å². The van der Waals surface area contributed by atoms with Gasteiger partial charge in [-0.3, -0.25) is 0 Å². The van der Waals surface area contributed by atoms with Crippen LogP contribution < -0.4 is 5.32 Å². The third-order valence-corrected chi connectivity index (χ3v) is 5.19. The summed E-state index contributed by atoms with van der Waals surface area (Å²) in [6.07, 6.45) is 2.37. The van der Waals surface area contributed by atoms with E-state index in [1.807, 2.05) is 12.1 Å². The molecule has 2 aliphatic rings. The van der Waals surface area contributed by atoms with Gasteiger partial charge < -0.3 is 10.1 Å². The molecule has 1 saturated heterocycles. The van der Waals surface area contributed by atoms with Gasteiger partial charge in [-0.1, -0.05) is 42.8 Å². The molecule has 0 radical (unpaired) electrons. The first kappa shape index (κ1) is 14.1. The fourth-order valence-electron chi connectivity index (χ4n) is 3.74. The quantitative estimate of drug-likeness (QED) is 0.828. The second-order valence-corrected chi connectivity index (χ2v) is 6.63. The van der Waals surface area contributed by atoms with Gasteiger partial charge in [-0.2, -0.15) is 0 Å². The second-order valence-electron chi connectivity index (χ2n) is 6.19. The van der Waals surface area contributed by atoms with Crippen molar-refractivity contribution in [2.24, 2.45) is 5.92 Å². The highest BCUT2D eigenvalue weighted by Crippen LogP contribution is 2.50. The number of benzene rings is 2. The van der Waals surface area contributed by atoms with Gasteiger partial charge in [0.15, 0.2) is 0 Å². The maximum atomic E-state index is 6.09. The summed E-state index contributed by atoms with van der Waals surface area (Å²) in [6.45, 7) is 3.04. The highest BCUT2D eigenvalue weighted by Gasteiger charge is 2.41. The number of hydrogen-bond acceptors (Lipinski definition) is 2. The molecule has 2 nitrogen and oxygen atoms in total. The fraction of sp³-hybridized carbons (Fsp3) is 0.368. The van der Waals surface area contributed by atoms with Crippen molar-refractivity contribution in [1.82, 2.24) is 0 Å². The molecule has 1 N–H and O–H groups in total. The molecule has 22 heavy (non-hydrogen) atoms. The standard InChI is InChI=1S/C19H20ClNO/c1-2-12-3-8-17-16(11-12)19-15(9-10-22-19)18(21-17)13-4-6-14(20)7-5-13/h3-8,11,15,18-19,21H,2,9-10H2,1H3/t15-,18?,19-/m0/s1. The van der Waals surface area contributed by atoms with Gasteiger partial charge in [-0.25, -0.2) is 0 Å². The molecule has 2 aromatic rings. The molecule has 3 atom stereocenters. The summed E-state index contributed by atoms with van der Waals surface area (Å²) in [5.74, 6) is 0.487. The molecular weight excluding hydrogens is 294 g/mol. The van der Waals surface area contributed by atoms with Gasteiger partial charge in [0.1, 0.15) is 0 Å². The number of anilines is 1. The van der Waals surface area contributed by atoms with Gasteiger partial charge in [-0.15, -0.1) is 0 Å². The van der Waals surface area contributed by atoms with Gasteiger partial charge >= 0.3 is 0 Å². The van der Waals surface area contributed by atoms with Crippen molar-refractivity contribution < 1.29 is 4.74 Å². The minimum absolute atomic E-state index is 0.212. The first-order valence-electron chi connectivity index (χ1n) is 8.02. The van der Waals surface area contributed by atoms with Crippen molar-refractivity contribution in [3.63, 3.8) is 0 Å². The molecule has 114 valence electrons. The molecule has 1 fully saturated rings. The predicted octanol–water partition coefficient (Wildman–Crippen LogP) is 5.15. The SMILES string of the molecule is CCc1ccc2c(c1)[C@H]1OCC[C@H]1C(c1ccc(Cl)cc1)N2. The Kier molecular flexibility index (Phi) is 3.59. The van der Waals surface area contributed by atoms with E-state index in [4.69, 9.17) is 16.3 Å². The van der Waals surface area contributed by atoms with E-state index in [-0.39, 0.29) is 6.10 Å². The maximum Gasteiger partial charge on any atom is 0.0896 e. The normalized spacial score (nSPS) is 26.2. The average Bonchev–Trinajstić information content (AvgIpc) is 3.04. The minimum atomic E-state index is 0.212. The van der Waals surface area contributed by atoms with Crippen LogP contribution in [0.1, 0.15) is 42.2 Å². The zero-order chi connectivity index (χ0) is 15.1. The number of nitrogens with one attached hydrogen (secondary N) is 1. The number of ether oxygens (including phenoxy) is 1. The molecule has 0 aliphatic carbocycles. The van der Waals surface area contributed by atoms with Crippen molar-refractivity contribution in [3.8, 4) is 0 Å². The van der Waals surface area contributed by atoms with Crippen LogP contribution in [0.5, 0.6) is 0 Å². The van der Waals surface area contributed by atoms with E-state index in [2.05, 4.69) is 42.6 Å². The minimum Gasteiger partial charge on any atom is -0.378 e. The molecule has 2 heterocycles. The highest BCUT2D eigenvalue weighted by molar-refractivity contribution is 6.30. The molecule has 2 aromatic carbocycles. The Morgan fingerprint density at radius 3 is 2.77 bits per heavy atom. The first-order valence-corrected chi connectivity index (χ1v) is 8.40. The summed E-state index contributed by atoms with van der Waals surface area (Å²) in [7, 11) is 0. The first-order chi connectivity index (χ1) is 10.8. The maximum absolute atomic E-state index is 6.09. The summed E-state index contributed by atoms with van der Waals surface area (Å²) in [5.41, 5.74) is 5.20. The molecule has 3 heteroatoms. The third kappa shape index (κ3) is 2.31. The van der Waals surface area contributed by atoms with E-state index >= 15 is 0 Å². The molecular formula is C19H20ClNO. The van der Waals surface area contributed by atoms with Gasteiger partial charge in [0, 0.05) is 28.8 Å². The Balaban J connectivity index is 1.75. The molecule has 0 bridgehead atoms. The number of halogens is 1. The lowest BCUT2D eigenvalue weighted by molar-refractivity contribution is 0.0829. The Morgan fingerprint density at radius 1 is 1.18 bits per heavy atom. The van der Waals surface area contributed by atoms with Crippen LogP contribution in [0.2, 0.25) is 5.02 Å². The van der Waals surface area contributed by atoms with Crippen molar-refractivity contribution in [3.05, 3.63) is 64.2 Å². The number of aryl methyl sites for hydroxylation is 1. The van der Waals surface area contributed by atoms with Crippen LogP contribution in [-0.4, -0.2) is 6.61 Å². The van der Waals surface area contributed by atoms with Crippen molar-refractivity contribution in [2.45, 2.75) is 31.9 Å². The van der Waals surface area contributed by atoms with Crippen LogP contribution in [0.15, 0.2) is 42.5 Å². The topological polar surface area (TPSA) is 21.3 Å². The number of rotatable bonds is 2. The Hall–Kier alpha value is -1.51. The predicted molar refractivity (Wildman–Crippen MR) is 90.4 cm³/mol. The van der Waals surface area contributed by atoms with E-state index in [1.54, 1.807) is 0 Å². The Morgan fingerprint density at radius 2 is 2.00 bits per heavy atom. The lowest BCUT2D eigenvalue weighted by Crippen LogP contribution is -2.29. The van der Waals surface area contributed by atoms with Crippen LogP contribution >= 0.6 is 11.6 Å². The molecule has 2 aliphatic heterocycles. The molecule has 0 spiro atoms. The number of fused-ring (bicyclic) bond motifs is 3. The number of hydrogen-bond donors (Lipinski definition) is 1. The largest absolute Gasteiger partial charge is 0.378 e. The van der Waals surface area contributed by atoms with Crippen LogP contribution in [0.4, 0.5) is 5.69 Å². The lowest BCUT2D eigenvalue weighted by atomic mass is 9.80. The highest BCUT2D eigenvalue weighted by atomic mass is 35.5. The Bertz CT molecular complexity index is 682. The van der Waals surface area contributed by atoms with Crippen molar-refractivity contribution >= 4 is 17.3 Å². The van der Waals surface area contributed by atoms with Crippen LogP contribution in [0.25, 0.3) is 0 Å². The van der Waals surface area contributed by atoms with Crippen LogP contribution in [-0.2, 0) is 11.2 Å². The summed E-state index contributed by atoms with van der Waals surface area (Å²) < 4.78 is 6.09. The average molecular weight is 314 g/mol. The van der Waals surface area contributed by atoms with E-state index in [9.17, 15) is 0 Å². The lowest BCUT2D eigenvalue weighted by Gasteiger charge is -2.36. The van der Waals surface area contributed by atoms with E-state index in [0.717, 1.165) is 24.5 Å². The van der Waals surface area contributed by atoms with Crippen LogP contribution in [0.3, 0.4) is 0 Å². The fourth-order valence-corrected chi connectivity index (χ4v) is 3.87. The third-order valence-electron chi connectivity index (χ3n) is 4.94. The second kappa shape index (κ2) is 5.60. The van der Waals surface area contributed by atoms with Gasteiger partial charge in [0.2, 0.25) is 0 Å². The van der Waals surface area contributed by atoms with Crippen molar-refractivity contribution in [1.29, 1.82) is 0 Å². The summed E-state index contributed by atoms with van der Waals surface area (Å²) in [4.78, 5) is 0. The zero-order valence-corrected chi connectivity index (χ0v) is 13.4. The van der Waals surface area contributed by atoms with Crippen molar-refractivity contribution in [2.75, 3.05) is 11.9 Å². The molecule has 1 unspecified atom stereocenters. The smallest absolute Gasteiger partial charge is 0.0896 e. The van der Waals surface area contributed by atoms with Crippen LogP contribution in [0, 0.1) is 5.92 Å². The zero-order valence-electron chi connectivity index (χ0n) is 12.7. The molecule has 0 amide bonds. The molecule has 0 saturated carbocycles. The molecule has 0 aromatic heterocycles. The summed E-state index contributed by atoms with van der Waals surface area (Å²) in [6, 6.07) is 15.2. The monoisotopic (exact) mass is 313 g/mol. The van der Waals surface area contributed by atoms with Gasteiger partial charge in [0.05, 0.1) is 12.1 Å². The van der Waals surface area contributed by atoms with Gasteiger partial charge in [0.25, 0.3) is 0 Å². The molecule has 4 rings (SSSR count). The summed E-state index contributed by atoms with van der Waals surface area (Å²) >= 11 is 6.03. The van der Waals surface area contributed by atoms with E-state index < -0.39 is 0 Å². The van der Waals surface area contributed by atoms with E-state index in [0.29, 0.717) is 12.0 Å². The Labute approximate surface area is 136 Å².